The first-order valence-corrected chi connectivity index (χ1v) is 7.80. The van der Waals surface area contributed by atoms with Crippen molar-refractivity contribution in [2.24, 2.45) is 0 Å². The third kappa shape index (κ3) is 4.32. The minimum absolute atomic E-state index is 0.554. The van der Waals surface area contributed by atoms with E-state index in [9.17, 15) is 0 Å². The summed E-state index contributed by atoms with van der Waals surface area (Å²) in [5.41, 5.74) is 1.16. The first-order valence-electron chi connectivity index (χ1n) is 7.80. The number of hydrogen-bond donors (Lipinski definition) is 1. The molecule has 0 atom stereocenters. The summed E-state index contributed by atoms with van der Waals surface area (Å²) in [5.74, 6) is 0. The molecule has 2 heterocycles. The first-order chi connectivity index (χ1) is 9.33. The Hall–Kier alpha value is -0.870. The molecule has 19 heavy (non-hydrogen) atoms. The van der Waals surface area contributed by atoms with E-state index in [0.29, 0.717) is 6.04 Å². The van der Waals surface area contributed by atoms with Gasteiger partial charge in [-0.1, -0.05) is 13.8 Å². The maximum Gasteiger partial charge on any atom is 0.0762 e. The predicted molar refractivity (Wildman–Crippen MR) is 79.2 cm³/mol. The number of rotatable bonds is 8. The molecule has 0 spiro atoms. The van der Waals surface area contributed by atoms with Gasteiger partial charge in [-0.3, -0.25) is 4.68 Å². The van der Waals surface area contributed by atoms with Crippen LogP contribution < -0.4 is 5.32 Å². The van der Waals surface area contributed by atoms with Crippen molar-refractivity contribution in [1.29, 1.82) is 0 Å². The predicted octanol–water partition coefficient (Wildman–Crippen LogP) is 2.43. The Morgan fingerprint density at radius 1 is 1.26 bits per heavy atom. The van der Waals surface area contributed by atoms with Crippen molar-refractivity contribution >= 4 is 0 Å². The number of likely N-dealkylation sites (tertiary alicyclic amines) is 1. The third-order valence-corrected chi connectivity index (χ3v) is 4.09. The van der Waals surface area contributed by atoms with E-state index in [0.717, 1.165) is 31.6 Å². The molecule has 0 radical (unpaired) electrons. The van der Waals surface area contributed by atoms with Gasteiger partial charge < -0.3 is 10.2 Å². The summed E-state index contributed by atoms with van der Waals surface area (Å²) in [6.45, 7) is 10.1. The van der Waals surface area contributed by atoms with E-state index < -0.39 is 0 Å². The van der Waals surface area contributed by atoms with Gasteiger partial charge in [-0.2, -0.15) is 5.10 Å². The van der Waals surface area contributed by atoms with Crippen molar-refractivity contribution in [3.63, 3.8) is 0 Å². The van der Waals surface area contributed by atoms with Crippen molar-refractivity contribution in [1.82, 2.24) is 20.0 Å². The van der Waals surface area contributed by atoms with Gasteiger partial charge in [-0.15, -0.1) is 0 Å². The minimum Gasteiger partial charge on any atom is -0.310 e. The molecule has 0 aliphatic carbocycles. The molecule has 1 aromatic rings. The van der Waals surface area contributed by atoms with Crippen molar-refractivity contribution in [2.45, 2.75) is 52.1 Å². The Morgan fingerprint density at radius 2 is 2.00 bits per heavy atom. The zero-order chi connectivity index (χ0) is 13.5. The van der Waals surface area contributed by atoms with Crippen LogP contribution in [-0.4, -0.2) is 40.9 Å². The first kappa shape index (κ1) is 14.5. The lowest BCUT2D eigenvalue weighted by molar-refractivity contribution is 0.335. The summed E-state index contributed by atoms with van der Waals surface area (Å²) in [6, 6.07) is 2.69. The molecule has 4 heteroatoms. The van der Waals surface area contributed by atoms with Crippen LogP contribution in [0.15, 0.2) is 12.3 Å². The van der Waals surface area contributed by atoms with E-state index in [1.807, 2.05) is 0 Å². The zero-order valence-corrected chi connectivity index (χ0v) is 12.4. The number of nitrogens with zero attached hydrogens (tertiary/aromatic N) is 3. The maximum absolute atomic E-state index is 4.66. The molecule has 108 valence electrons. The highest BCUT2D eigenvalue weighted by molar-refractivity contribution is 4.99. The lowest BCUT2D eigenvalue weighted by Crippen LogP contribution is -2.29. The van der Waals surface area contributed by atoms with E-state index in [-0.39, 0.29) is 0 Å². The van der Waals surface area contributed by atoms with Gasteiger partial charge in [0.1, 0.15) is 0 Å². The summed E-state index contributed by atoms with van der Waals surface area (Å²) < 4.78 is 2.12. The molecule has 1 aliphatic heterocycles. The highest BCUT2D eigenvalue weighted by atomic mass is 15.3. The van der Waals surface area contributed by atoms with E-state index >= 15 is 0 Å². The Morgan fingerprint density at radius 3 is 2.68 bits per heavy atom. The van der Waals surface area contributed by atoms with Gasteiger partial charge in [-0.05, 0) is 44.8 Å². The van der Waals surface area contributed by atoms with Crippen molar-refractivity contribution in [3.8, 4) is 0 Å². The standard InChI is InChI=1S/C15H28N4/c1-3-15(4-2)19-11-7-14(17-19)13-16-8-12-18-9-5-6-10-18/h7,11,15-16H,3-6,8-10,12-13H2,1-2H3. The fourth-order valence-electron chi connectivity index (χ4n) is 2.80. The van der Waals surface area contributed by atoms with E-state index in [4.69, 9.17) is 0 Å². The quantitative estimate of drug-likeness (QED) is 0.732. The molecule has 0 aromatic carbocycles. The van der Waals surface area contributed by atoms with Gasteiger partial charge in [0.15, 0.2) is 0 Å². The average Bonchev–Trinajstić information content (AvgIpc) is 3.08. The second-order valence-corrected chi connectivity index (χ2v) is 5.48. The van der Waals surface area contributed by atoms with Gasteiger partial charge in [0, 0.05) is 25.8 Å². The Balaban J connectivity index is 1.68. The van der Waals surface area contributed by atoms with E-state index in [1.54, 1.807) is 0 Å². The Bertz CT molecular complexity index is 351. The molecule has 4 nitrogen and oxygen atoms in total. The molecule has 1 aliphatic rings. The van der Waals surface area contributed by atoms with Crippen LogP contribution in [0.5, 0.6) is 0 Å². The van der Waals surface area contributed by atoms with Crippen LogP contribution in [0.25, 0.3) is 0 Å². The lowest BCUT2D eigenvalue weighted by Gasteiger charge is -2.14. The smallest absolute Gasteiger partial charge is 0.0762 e. The van der Waals surface area contributed by atoms with Crippen LogP contribution in [0.1, 0.15) is 51.3 Å². The summed E-state index contributed by atoms with van der Waals surface area (Å²) in [4.78, 5) is 2.54. The average molecular weight is 264 g/mol. The van der Waals surface area contributed by atoms with Gasteiger partial charge in [-0.25, -0.2) is 0 Å². The molecule has 0 amide bonds. The molecule has 1 saturated heterocycles. The monoisotopic (exact) mass is 264 g/mol. The number of aromatic nitrogens is 2. The maximum atomic E-state index is 4.66. The summed E-state index contributed by atoms with van der Waals surface area (Å²) in [6.07, 6.45) is 7.18. The number of hydrogen-bond acceptors (Lipinski definition) is 3. The Labute approximate surface area is 117 Å². The van der Waals surface area contributed by atoms with Gasteiger partial charge in [0.2, 0.25) is 0 Å². The zero-order valence-electron chi connectivity index (χ0n) is 12.4. The molecule has 0 bridgehead atoms. The van der Waals surface area contributed by atoms with Crippen molar-refractivity contribution in [2.75, 3.05) is 26.2 Å². The Kier molecular flexibility index (Phi) is 5.86. The molecular formula is C15H28N4. The second kappa shape index (κ2) is 7.65. The van der Waals surface area contributed by atoms with Crippen LogP contribution in [0.3, 0.4) is 0 Å². The fourth-order valence-corrected chi connectivity index (χ4v) is 2.80. The largest absolute Gasteiger partial charge is 0.310 e. The van der Waals surface area contributed by atoms with E-state index in [1.165, 1.54) is 32.5 Å². The molecule has 1 fully saturated rings. The number of nitrogens with one attached hydrogen (secondary N) is 1. The van der Waals surface area contributed by atoms with Crippen molar-refractivity contribution < 1.29 is 0 Å². The minimum atomic E-state index is 0.554. The second-order valence-electron chi connectivity index (χ2n) is 5.48. The summed E-state index contributed by atoms with van der Waals surface area (Å²) in [7, 11) is 0. The van der Waals surface area contributed by atoms with Crippen LogP contribution in [0.4, 0.5) is 0 Å². The topological polar surface area (TPSA) is 33.1 Å². The molecule has 0 saturated carbocycles. The van der Waals surface area contributed by atoms with Gasteiger partial charge in [0.25, 0.3) is 0 Å². The van der Waals surface area contributed by atoms with Gasteiger partial charge >= 0.3 is 0 Å². The highest BCUT2D eigenvalue weighted by Gasteiger charge is 2.10. The van der Waals surface area contributed by atoms with Crippen LogP contribution in [-0.2, 0) is 6.54 Å². The normalized spacial score (nSPS) is 16.6. The molecule has 2 rings (SSSR count). The van der Waals surface area contributed by atoms with Crippen LogP contribution >= 0.6 is 0 Å². The van der Waals surface area contributed by atoms with Gasteiger partial charge in [0.05, 0.1) is 11.7 Å². The van der Waals surface area contributed by atoms with Crippen LogP contribution in [0, 0.1) is 0 Å². The van der Waals surface area contributed by atoms with E-state index in [2.05, 4.69) is 46.1 Å². The third-order valence-electron chi connectivity index (χ3n) is 4.09. The SMILES string of the molecule is CCC(CC)n1ccc(CNCCN2CCCC2)n1. The molecule has 1 N–H and O–H groups in total. The van der Waals surface area contributed by atoms with Crippen LogP contribution in [0.2, 0.25) is 0 Å². The summed E-state index contributed by atoms with van der Waals surface area (Å²) in [5, 5.41) is 8.16. The lowest BCUT2D eigenvalue weighted by atomic mass is 10.2. The fraction of sp³-hybridized carbons (Fsp3) is 0.800. The molecule has 0 unspecified atom stereocenters. The molecular weight excluding hydrogens is 236 g/mol. The summed E-state index contributed by atoms with van der Waals surface area (Å²) >= 11 is 0. The van der Waals surface area contributed by atoms with Crippen molar-refractivity contribution in [3.05, 3.63) is 18.0 Å². The molecule has 1 aromatic heterocycles. The highest BCUT2D eigenvalue weighted by Crippen LogP contribution is 2.14.